The van der Waals surface area contributed by atoms with Gasteiger partial charge in [-0.2, -0.15) is 13.2 Å². The number of aliphatic hydroxyl groups excluding tert-OH is 1. The molecule has 162 valence electrons. The van der Waals surface area contributed by atoms with Gasteiger partial charge in [0.05, 0.1) is 18.6 Å². The zero-order chi connectivity index (χ0) is 20.1. The summed E-state index contributed by atoms with van der Waals surface area (Å²) in [5.74, 6) is 3.06. The summed E-state index contributed by atoms with van der Waals surface area (Å²) in [5, 5.41) is 7.00. The maximum Gasteiger partial charge on any atom is 0.391 e. The first-order chi connectivity index (χ1) is 13.4. The van der Waals surface area contributed by atoms with Gasteiger partial charge in [0.25, 0.3) is 0 Å². The minimum absolute atomic E-state index is 0.345. The molecule has 5 rings (SSSR count). The van der Waals surface area contributed by atoms with E-state index in [0.29, 0.717) is 36.2 Å². The first-order valence-corrected chi connectivity index (χ1v) is 11.5. The average molecular weight is 403 g/mol. The van der Waals surface area contributed by atoms with Crippen LogP contribution < -0.4 is 0 Å². The van der Waals surface area contributed by atoms with E-state index < -0.39 is 12.1 Å². The number of alkyl halides is 3. The zero-order valence-corrected chi connectivity index (χ0v) is 17.4. The Kier molecular flexibility index (Phi) is 5.81. The fourth-order valence-electron chi connectivity index (χ4n) is 8.17. The lowest BCUT2D eigenvalue weighted by Crippen LogP contribution is -2.49. The summed E-state index contributed by atoms with van der Waals surface area (Å²) >= 11 is 0. The number of fused-ring (bicyclic) bond motifs is 5. The molecule has 0 amide bonds. The molecule has 28 heavy (non-hydrogen) atoms. The molecule has 0 radical (unpaired) electrons. The van der Waals surface area contributed by atoms with E-state index in [1.807, 2.05) is 0 Å². The molecule has 0 aromatic heterocycles. The highest BCUT2D eigenvalue weighted by molar-refractivity contribution is 5.06. The molecular formula is C23H37F3O2. The van der Waals surface area contributed by atoms with Gasteiger partial charge < -0.3 is 9.84 Å². The predicted molar refractivity (Wildman–Crippen MR) is 103 cm³/mol. The molecule has 0 aromatic rings. The molecule has 9 atom stereocenters. The maximum atomic E-state index is 13.2. The summed E-state index contributed by atoms with van der Waals surface area (Å²) in [6, 6.07) is 0. The van der Waals surface area contributed by atoms with Crippen LogP contribution >= 0.6 is 0 Å². The second kappa shape index (κ2) is 7.76. The van der Waals surface area contributed by atoms with Crippen molar-refractivity contribution in [2.24, 2.45) is 46.8 Å². The van der Waals surface area contributed by atoms with Crippen molar-refractivity contribution < 1.29 is 23.0 Å². The summed E-state index contributed by atoms with van der Waals surface area (Å²) < 4.78 is 45.1. The number of hydrogen-bond donors (Lipinski definition) is 1. The minimum Gasteiger partial charge on any atom is -0.400 e. The maximum absolute atomic E-state index is 13.2. The van der Waals surface area contributed by atoms with Crippen molar-refractivity contribution in [1.82, 2.24) is 0 Å². The lowest BCUT2D eigenvalue weighted by atomic mass is 9.49. The van der Waals surface area contributed by atoms with E-state index in [2.05, 4.69) is 6.92 Å². The van der Waals surface area contributed by atoms with Gasteiger partial charge in [-0.3, -0.25) is 0 Å². The molecule has 0 aromatic carbocycles. The van der Waals surface area contributed by atoms with Crippen molar-refractivity contribution >= 4 is 0 Å². The smallest absolute Gasteiger partial charge is 0.391 e. The second-order valence-corrected chi connectivity index (χ2v) is 10.5. The van der Waals surface area contributed by atoms with Crippen molar-refractivity contribution in [2.75, 3.05) is 13.7 Å². The standard InChI is InChI=1S/C22H33F3O.CH4O/c1-21-9-8-18-17-6-3-15(22(23,24)25)10-13(17)2-5-19(18)20(21)7-4-14(21)11-16-12-26-16;1-2/h13-20H,2-12H2,1H3;2H,1H3/t13-,14?,15+,16?,17+,18?,19-,20?,21-;/m1./s1. The molecular weight excluding hydrogens is 365 g/mol. The van der Waals surface area contributed by atoms with E-state index in [4.69, 9.17) is 9.84 Å². The molecule has 1 aliphatic heterocycles. The van der Waals surface area contributed by atoms with Crippen molar-refractivity contribution in [2.45, 2.75) is 83.4 Å². The summed E-state index contributed by atoms with van der Waals surface area (Å²) in [7, 11) is 1.00. The van der Waals surface area contributed by atoms with Gasteiger partial charge in [0, 0.05) is 7.11 Å². The monoisotopic (exact) mass is 402 g/mol. The topological polar surface area (TPSA) is 32.8 Å². The fraction of sp³-hybridized carbons (Fsp3) is 1.00. The van der Waals surface area contributed by atoms with Crippen LogP contribution in [0.2, 0.25) is 0 Å². The van der Waals surface area contributed by atoms with Gasteiger partial charge in [-0.1, -0.05) is 6.92 Å². The van der Waals surface area contributed by atoms with Crippen LogP contribution in [0.15, 0.2) is 0 Å². The first-order valence-electron chi connectivity index (χ1n) is 11.5. The largest absolute Gasteiger partial charge is 0.400 e. The van der Waals surface area contributed by atoms with Gasteiger partial charge in [-0.25, -0.2) is 0 Å². The number of aliphatic hydroxyl groups is 1. The normalized spacial score (nSPS) is 49.9. The van der Waals surface area contributed by atoms with Crippen LogP contribution in [0.5, 0.6) is 0 Å². The third kappa shape index (κ3) is 3.64. The van der Waals surface area contributed by atoms with E-state index in [1.54, 1.807) is 0 Å². The van der Waals surface area contributed by atoms with E-state index in [0.717, 1.165) is 50.2 Å². The van der Waals surface area contributed by atoms with Gasteiger partial charge in [0.2, 0.25) is 0 Å². The third-order valence-corrected chi connectivity index (χ3v) is 9.56. The molecule has 4 unspecified atom stereocenters. The molecule has 4 aliphatic carbocycles. The van der Waals surface area contributed by atoms with Gasteiger partial charge in [-0.05, 0) is 105 Å². The summed E-state index contributed by atoms with van der Waals surface area (Å²) in [5.41, 5.74) is 0.475. The van der Waals surface area contributed by atoms with Crippen LogP contribution in [0.4, 0.5) is 13.2 Å². The second-order valence-electron chi connectivity index (χ2n) is 10.5. The Morgan fingerprint density at radius 1 is 0.929 bits per heavy atom. The van der Waals surface area contributed by atoms with Crippen LogP contribution in [-0.2, 0) is 4.74 Å². The van der Waals surface area contributed by atoms with Crippen LogP contribution in [0.3, 0.4) is 0 Å². The highest BCUT2D eigenvalue weighted by Gasteiger charge is 2.58. The third-order valence-electron chi connectivity index (χ3n) is 9.56. The quantitative estimate of drug-likeness (QED) is 0.589. The fourth-order valence-corrected chi connectivity index (χ4v) is 8.17. The Bertz CT molecular complexity index is 546. The molecule has 2 nitrogen and oxygen atoms in total. The first kappa shape index (κ1) is 21.0. The molecule has 4 saturated carbocycles. The Morgan fingerprint density at radius 2 is 1.64 bits per heavy atom. The van der Waals surface area contributed by atoms with Crippen molar-refractivity contribution in [3.8, 4) is 0 Å². The van der Waals surface area contributed by atoms with E-state index in [1.165, 1.54) is 38.5 Å². The molecule has 5 heteroatoms. The highest BCUT2D eigenvalue weighted by atomic mass is 19.4. The summed E-state index contributed by atoms with van der Waals surface area (Å²) in [6.07, 6.45) is 7.00. The molecule has 0 bridgehead atoms. The number of hydrogen-bond acceptors (Lipinski definition) is 2. The number of epoxide rings is 1. The van der Waals surface area contributed by atoms with Crippen LogP contribution in [0.25, 0.3) is 0 Å². The van der Waals surface area contributed by atoms with Gasteiger partial charge >= 0.3 is 6.18 Å². The van der Waals surface area contributed by atoms with E-state index >= 15 is 0 Å². The van der Waals surface area contributed by atoms with Gasteiger partial charge in [0.15, 0.2) is 0 Å². The molecule has 1 heterocycles. The van der Waals surface area contributed by atoms with Gasteiger partial charge in [0.1, 0.15) is 0 Å². The van der Waals surface area contributed by atoms with Crippen LogP contribution in [0.1, 0.15) is 71.1 Å². The number of rotatable bonds is 2. The lowest BCUT2D eigenvalue weighted by molar-refractivity contribution is -0.196. The summed E-state index contributed by atoms with van der Waals surface area (Å²) in [6.45, 7) is 3.51. The van der Waals surface area contributed by atoms with Crippen LogP contribution in [-0.4, -0.2) is 31.1 Å². The molecule has 1 saturated heterocycles. The SMILES string of the molecule is CO.C[C@]12CCC3[C@@H](CC[C@@H]4C[C@@H](C(F)(F)F)CC[C@H]34)C1CCC2CC1CO1. The van der Waals surface area contributed by atoms with E-state index in [-0.39, 0.29) is 0 Å². The van der Waals surface area contributed by atoms with E-state index in [9.17, 15) is 13.2 Å². The Hall–Kier alpha value is -0.290. The minimum atomic E-state index is -3.98. The van der Waals surface area contributed by atoms with Crippen molar-refractivity contribution in [3.63, 3.8) is 0 Å². The summed E-state index contributed by atoms with van der Waals surface area (Å²) in [4.78, 5) is 0. The molecule has 5 aliphatic rings. The van der Waals surface area contributed by atoms with Crippen molar-refractivity contribution in [1.29, 1.82) is 0 Å². The Balaban J connectivity index is 0.000000932. The Morgan fingerprint density at radius 3 is 2.32 bits per heavy atom. The average Bonchev–Trinajstić information content (AvgIpc) is 3.44. The van der Waals surface area contributed by atoms with Crippen molar-refractivity contribution in [3.05, 3.63) is 0 Å². The number of halogens is 3. The van der Waals surface area contributed by atoms with Crippen LogP contribution in [0, 0.1) is 46.8 Å². The van der Waals surface area contributed by atoms with Gasteiger partial charge in [-0.15, -0.1) is 0 Å². The molecule has 0 spiro atoms. The lowest BCUT2D eigenvalue weighted by Gasteiger charge is -2.56. The Labute approximate surface area is 167 Å². The predicted octanol–water partition coefficient (Wildman–Crippen LogP) is 5.83. The highest BCUT2D eigenvalue weighted by Crippen LogP contribution is 2.65. The molecule has 5 fully saturated rings. The zero-order valence-electron chi connectivity index (χ0n) is 17.4. The number of ether oxygens (including phenoxy) is 1. The molecule has 1 N–H and O–H groups in total.